The van der Waals surface area contributed by atoms with Crippen molar-refractivity contribution in [3.05, 3.63) is 47.5 Å². The number of nitrogens with one attached hydrogen (secondary N) is 1. The summed E-state index contributed by atoms with van der Waals surface area (Å²) in [4.78, 5) is 13.4. The molecule has 1 amide bonds. The van der Waals surface area contributed by atoms with Gasteiger partial charge in [0.05, 0.1) is 12.4 Å². The van der Waals surface area contributed by atoms with Gasteiger partial charge in [0.25, 0.3) is 0 Å². The molecule has 0 heterocycles. The van der Waals surface area contributed by atoms with Crippen LogP contribution < -0.4 is 10.1 Å². The van der Waals surface area contributed by atoms with Gasteiger partial charge in [-0.3, -0.25) is 4.79 Å². The van der Waals surface area contributed by atoms with Gasteiger partial charge >= 0.3 is 0 Å². The number of amides is 1. The number of hydrogen-bond acceptors (Lipinski definition) is 5. The summed E-state index contributed by atoms with van der Waals surface area (Å²) in [7, 11) is -0.791. The summed E-state index contributed by atoms with van der Waals surface area (Å²) < 4.78 is 31.7. The normalized spacial score (nSPS) is 11.5. The van der Waals surface area contributed by atoms with E-state index >= 15 is 0 Å². The van der Waals surface area contributed by atoms with Crippen molar-refractivity contribution in [1.29, 1.82) is 0 Å². The summed E-state index contributed by atoms with van der Waals surface area (Å²) in [6.45, 7) is 6.14. The lowest BCUT2D eigenvalue weighted by Crippen LogP contribution is -2.23. The molecule has 0 radical (unpaired) electrons. The zero-order valence-corrected chi connectivity index (χ0v) is 18.4. The van der Waals surface area contributed by atoms with E-state index in [4.69, 9.17) is 4.74 Å². The van der Waals surface area contributed by atoms with E-state index in [1.54, 1.807) is 19.1 Å². The van der Waals surface area contributed by atoms with Crippen molar-refractivity contribution in [3.63, 3.8) is 0 Å². The molecular weight excluding hydrogens is 396 g/mol. The smallest absolute Gasteiger partial charge is 0.246 e. The highest BCUT2D eigenvalue weighted by Gasteiger charge is 2.23. The summed E-state index contributed by atoms with van der Waals surface area (Å²) >= 11 is 1.45. The predicted octanol–water partition coefficient (Wildman–Crippen LogP) is 3.68. The summed E-state index contributed by atoms with van der Waals surface area (Å²) in [5, 5.41) is 2.77. The molecule has 2 rings (SSSR count). The fourth-order valence-corrected chi connectivity index (χ4v) is 4.44. The molecule has 0 aromatic heterocycles. The van der Waals surface area contributed by atoms with Gasteiger partial charge in [-0.15, -0.1) is 11.8 Å². The zero-order valence-electron chi connectivity index (χ0n) is 16.8. The van der Waals surface area contributed by atoms with Crippen molar-refractivity contribution in [3.8, 4) is 5.75 Å². The van der Waals surface area contributed by atoms with Crippen LogP contribution in [0.1, 0.15) is 18.1 Å². The Hall–Kier alpha value is -2.03. The number of nitrogens with zero attached hydrogens (tertiary/aromatic N) is 1. The second kappa shape index (κ2) is 9.45. The second-order valence-corrected chi connectivity index (χ2v) is 9.63. The van der Waals surface area contributed by atoms with Crippen molar-refractivity contribution in [2.45, 2.75) is 30.6 Å². The predicted molar refractivity (Wildman–Crippen MR) is 114 cm³/mol. The van der Waals surface area contributed by atoms with Crippen LogP contribution in [0.25, 0.3) is 0 Å². The molecule has 0 saturated heterocycles. The molecule has 152 valence electrons. The molecule has 1 N–H and O–H groups in total. The Labute approximate surface area is 171 Å². The van der Waals surface area contributed by atoms with E-state index in [2.05, 4.69) is 5.32 Å². The molecule has 0 spiro atoms. The fraction of sp³-hybridized carbons (Fsp3) is 0.350. The van der Waals surface area contributed by atoms with E-state index in [1.165, 1.54) is 31.9 Å². The van der Waals surface area contributed by atoms with E-state index in [-0.39, 0.29) is 22.3 Å². The third kappa shape index (κ3) is 5.50. The van der Waals surface area contributed by atoms with Gasteiger partial charge in [-0.25, -0.2) is 12.7 Å². The highest BCUT2D eigenvalue weighted by molar-refractivity contribution is 8.00. The van der Waals surface area contributed by atoms with E-state index in [1.807, 2.05) is 32.0 Å². The standard InChI is InChI=1S/C20H26N2O4S2/c1-6-26-17-10-9-16(12-19(17)28(24,25)22(4)5)21-20(23)13-27-18-11-14(2)7-8-15(18)3/h7-12H,6,13H2,1-5H3,(H,21,23). The summed E-state index contributed by atoms with van der Waals surface area (Å²) in [5.74, 6) is 0.287. The van der Waals surface area contributed by atoms with E-state index in [0.717, 1.165) is 20.3 Å². The van der Waals surface area contributed by atoms with Gasteiger partial charge in [0, 0.05) is 24.7 Å². The minimum absolute atomic E-state index is 0.0272. The number of carbonyl (C=O) groups excluding carboxylic acids is 1. The third-order valence-corrected chi connectivity index (χ3v) is 6.98. The first kappa shape index (κ1) is 22.3. The van der Waals surface area contributed by atoms with Gasteiger partial charge in [-0.05, 0) is 50.6 Å². The first-order valence-electron chi connectivity index (χ1n) is 8.84. The Bertz CT molecular complexity index is 957. The molecule has 2 aromatic carbocycles. The quantitative estimate of drug-likeness (QED) is 0.657. The molecule has 6 nitrogen and oxygen atoms in total. The Balaban J connectivity index is 2.17. The van der Waals surface area contributed by atoms with Gasteiger partial charge in [-0.1, -0.05) is 17.7 Å². The lowest BCUT2D eigenvalue weighted by atomic mass is 10.2. The van der Waals surface area contributed by atoms with Gasteiger partial charge in [0.2, 0.25) is 15.9 Å². The molecule has 28 heavy (non-hydrogen) atoms. The molecular formula is C20H26N2O4S2. The highest BCUT2D eigenvalue weighted by Crippen LogP contribution is 2.29. The van der Waals surface area contributed by atoms with Crippen LogP contribution in [0.3, 0.4) is 0 Å². The largest absolute Gasteiger partial charge is 0.492 e. The molecule has 0 saturated carbocycles. The first-order valence-corrected chi connectivity index (χ1v) is 11.3. The minimum Gasteiger partial charge on any atom is -0.492 e. The van der Waals surface area contributed by atoms with E-state index < -0.39 is 10.0 Å². The molecule has 0 bridgehead atoms. The minimum atomic E-state index is -3.70. The Kier molecular flexibility index (Phi) is 7.51. The Morgan fingerprint density at radius 2 is 1.86 bits per heavy atom. The molecule has 0 atom stereocenters. The number of benzene rings is 2. The Morgan fingerprint density at radius 1 is 1.14 bits per heavy atom. The third-order valence-electron chi connectivity index (χ3n) is 3.99. The molecule has 0 aliphatic rings. The number of carbonyl (C=O) groups is 1. The molecule has 8 heteroatoms. The van der Waals surface area contributed by atoms with Crippen LogP contribution in [0.2, 0.25) is 0 Å². The lowest BCUT2D eigenvalue weighted by molar-refractivity contribution is -0.113. The maximum Gasteiger partial charge on any atom is 0.246 e. The molecule has 0 fully saturated rings. The molecule has 0 aliphatic carbocycles. The highest BCUT2D eigenvalue weighted by atomic mass is 32.2. The van der Waals surface area contributed by atoms with Crippen molar-refractivity contribution in [1.82, 2.24) is 4.31 Å². The summed E-state index contributed by atoms with van der Waals surface area (Å²) in [6.07, 6.45) is 0. The molecule has 0 aliphatic heterocycles. The van der Waals surface area contributed by atoms with Crippen molar-refractivity contribution >= 4 is 33.4 Å². The van der Waals surface area contributed by atoms with E-state index in [0.29, 0.717) is 12.3 Å². The monoisotopic (exact) mass is 422 g/mol. The fourth-order valence-electron chi connectivity index (χ4n) is 2.46. The van der Waals surface area contributed by atoms with Crippen molar-refractivity contribution in [2.24, 2.45) is 0 Å². The van der Waals surface area contributed by atoms with Gasteiger partial charge in [0.15, 0.2) is 0 Å². The van der Waals surface area contributed by atoms with Crippen LogP contribution in [-0.4, -0.2) is 45.1 Å². The van der Waals surface area contributed by atoms with Crippen LogP contribution in [0.5, 0.6) is 5.75 Å². The first-order chi connectivity index (χ1) is 13.1. The van der Waals surface area contributed by atoms with Crippen LogP contribution >= 0.6 is 11.8 Å². The van der Waals surface area contributed by atoms with Gasteiger partial charge in [0.1, 0.15) is 10.6 Å². The van der Waals surface area contributed by atoms with Crippen LogP contribution in [0.4, 0.5) is 5.69 Å². The summed E-state index contributed by atoms with van der Waals surface area (Å²) in [5.41, 5.74) is 2.66. The zero-order chi connectivity index (χ0) is 20.9. The van der Waals surface area contributed by atoms with Gasteiger partial charge in [-0.2, -0.15) is 0 Å². The average molecular weight is 423 g/mol. The number of hydrogen-bond donors (Lipinski definition) is 1. The maximum absolute atomic E-state index is 12.6. The van der Waals surface area contributed by atoms with Crippen LogP contribution in [-0.2, 0) is 14.8 Å². The number of aryl methyl sites for hydroxylation is 2. The SMILES string of the molecule is CCOc1ccc(NC(=O)CSc2cc(C)ccc2C)cc1S(=O)(=O)N(C)C. The van der Waals surface area contributed by atoms with Crippen molar-refractivity contribution < 1.29 is 17.9 Å². The number of anilines is 1. The topological polar surface area (TPSA) is 75.7 Å². The van der Waals surface area contributed by atoms with Crippen LogP contribution in [0, 0.1) is 13.8 Å². The van der Waals surface area contributed by atoms with Gasteiger partial charge < -0.3 is 10.1 Å². The number of thioether (sulfide) groups is 1. The Morgan fingerprint density at radius 3 is 2.50 bits per heavy atom. The molecule has 0 unspecified atom stereocenters. The average Bonchev–Trinajstić information content (AvgIpc) is 2.63. The van der Waals surface area contributed by atoms with E-state index in [9.17, 15) is 13.2 Å². The van der Waals surface area contributed by atoms with Crippen LogP contribution in [0.15, 0.2) is 46.2 Å². The summed E-state index contributed by atoms with van der Waals surface area (Å²) in [6, 6.07) is 10.7. The lowest BCUT2D eigenvalue weighted by Gasteiger charge is -2.16. The number of rotatable bonds is 8. The number of ether oxygens (including phenoxy) is 1. The second-order valence-electron chi connectivity index (χ2n) is 6.49. The van der Waals surface area contributed by atoms with Crippen molar-refractivity contribution in [2.75, 3.05) is 31.8 Å². The number of sulfonamides is 1. The molecule has 2 aromatic rings. The maximum atomic E-state index is 12.6.